The molecule has 5 nitrogen and oxygen atoms in total. The molecule has 0 unspecified atom stereocenters. The van der Waals surface area contributed by atoms with Gasteiger partial charge < -0.3 is 4.90 Å². The van der Waals surface area contributed by atoms with Crippen LogP contribution in [-0.4, -0.2) is 20.9 Å². The normalized spacial score (nSPS) is 14.9. The van der Waals surface area contributed by atoms with Crippen LogP contribution < -0.4 is 9.62 Å². The first-order valence-corrected chi connectivity index (χ1v) is 8.75. The fourth-order valence-electron chi connectivity index (χ4n) is 2.63. The average molecular weight is 352 g/mol. The van der Waals surface area contributed by atoms with E-state index in [-0.39, 0.29) is 11.6 Å². The van der Waals surface area contributed by atoms with Crippen molar-refractivity contribution in [1.82, 2.24) is 0 Å². The van der Waals surface area contributed by atoms with Crippen LogP contribution in [-0.2, 0) is 14.8 Å². The van der Waals surface area contributed by atoms with Crippen LogP contribution in [0, 0.1) is 11.6 Å². The Morgan fingerprint density at radius 3 is 2.29 bits per heavy atom. The lowest BCUT2D eigenvalue weighted by Crippen LogP contribution is -2.26. The second-order valence-corrected chi connectivity index (χ2v) is 6.94. The summed E-state index contributed by atoms with van der Waals surface area (Å²) < 4.78 is 54.6. The third-order valence-electron chi connectivity index (χ3n) is 3.70. The number of carbonyl (C=O) groups excluding carboxylic acids is 1. The number of hydrogen-bond acceptors (Lipinski definition) is 3. The van der Waals surface area contributed by atoms with Crippen LogP contribution in [0.3, 0.4) is 0 Å². The molecule has 0 aliphatic carbocycles. The van der Waals surface area contributed by atoms with Gasteiger partial charge in [0.15, 0.2) is 4.90 Å². The summed E-state index contributed by atoms with van der Waals surface area (Å²) in [7, 11) is -4.48. The number of hydrogen-bond donors (Lipinski definition) is 1. The van der Waals surface area contributed by atoms with E-state index in [4.69, 9.17) is 0 Å². The molecule has 2 aromatic carbocycles. The maximum atomic E-state index is 13.8. The molecule has 1 aliphatic heterocycles. The lowest BCUT2D eigenvalue weighted by molar-refractivity contribution is -0.117. The molecule has 0 spiro atoms. The largest absolute Gasteiger partial charge is 0.310 e. The molecule has 0 saturated carbocycles. The molecule has 1 aliphatic rings. The van der Waals surface area contributed by atoms with E-state index in [1.165, 1.54) is 11.0 Å². The van der Waals surface area contributed by atoms with Gasteiger partial charge in [0.2, 0.25) is 5.91 Å². The fourth-order valence-corrected chi connectivity index (χ4v) is 3.85. The highest BCUT2D eigenvalue weighted by molar-refractivity contribution is 7.92. The number of para-hydroxylation sites is 2. The quantitative estimate of drug-likeness (QED) is 0.920. The van der Waals surface area contributed by atoms with Crippen molar-refractivity contribution in [3.8, 4) is 0 Å². The number of sulfonamides is 1. The van der Waals surface area contributed by atoms with Gasteiger partial charge in [-0.25, -0.2) is 17.2 Å². The second-order valence-electron chi connectivity index (χ2n) is 5.32. The third kappa shape index (κ3) is 2.96. The Balaban J connectivity index is 2.01. The molecule has 1 heterocycles. The van der Waals surface area contributed by atoms with E-state index in [9.17, 15) is 22.0 Å². The molecule has 1 N–H and O–H groups in total. The van der Waals surface area contributed by atoms with Crippen LogP contribution in [0.15, 0.2) is 47.4 Å². The number of nitrogens with zero attached hydrogens (tertiary/aromatic N) is 1. The molecule has 3 rings (SSSR count). The molecule has 0 radical (unpaired) electrons. The Morgan fingerprint density at radius 1 is 1.00 bits per heavy atom. The summed E-state index contributed by atoms with van der Waals surface area (Å²) in [5.74, 6) is -2.49. The van der Waals surface area contributed by atoms with Gasteiger partial charge in [0.05, 0.1) is 11.4 Å². The SMILES string of the molecule is O=C1CCCN1c1ccccc1NS(=O)(=O)c1c(F)cccc1F. The number of halogens is 2. The first-order chi connectivity index (χ1) is 11.4. The second kappa shape index (κ2) is 6.20. The number of benzene rings is 2. The van der Waals surface area contributed by atoms with Crippen LogP contribution in [0.25, 0.3) is 0 Å². The molecule has 1 fully saturated rings. The van der Waals surface area contributed by atoms with Crippen LogP contribution in [0.1, 0.15) is 12.8 Å². The number of rotatable bonds is 4. The van der Waals surface area contributed by atoms with Gasteiger partial charge in [-0.15, -0.1) is 0 Å². The van der Waals surface area contributed by atoms with Gasteiger partial charge in [0, 0.05) is 13.0 Å². The minimum absolute atomic E-state index is 0.0930. The van der Waals surface area contributed by atoms with Gasteiger partial charge in [0.1, 0.15) is 11.6 Å². The average Bonchev–Trinajstić information content (AvgIpc) is 2.93. The molecule has 2 aromatic rings. The first-order valence-electron chi connectivity index (χ1n) is 7.26. The highest BCUT2D eigenvalue weighted by atomic mass is 32.2. The Labute approximate surface area is 138 Å². The summed E-state index contributed by atoms with van der Waals surface area (Å²) in [5.41, 5.74) is 0.454. The third-order valence-corrected chi connectivity index (χ3v) is 5.12. The van der Waals surface area contributed by atoms with E-state index >= 15 is 0 Å². The highest BCUT2D eigenvalue weighted by Crippen LogP contribution is 2.31. The molecule has 1 amide bonds. The van der Waals surface area contributed by atoms with Crippen LogP contribution in [0.5, 0.6) is 0 Å². The van der Waals surface area contributed by atoms with Gasteiger partial charge in [-0.2, -0.15) is 0 Å². The number of carbonyl (C=O) groups is 1. The van der Waals surface area contributed by atoms with Crippen molar-refractivity contribution in [3.63, 3.8) is 0 Å². The van der Waals surface area contributed by atoms with E-state index in [0.717, 1.165) is 18.2 Å². The van der Waals surface area contributed by atoms with Gasteiger partial charge >= 0.3 is 0 Å². The molecule has 0 bridgehead atoms. The van der Waals surface area contributed by atoms with Gasteiger partial charge in [-0.1, -0.05) is 18.2 Å². The van der Waals surface area contributed by atoms with Crippen LogP contribution >= 0.6 is 0 Å². The van der Waals surface area contributed by atoms with E-state index in [0.29, 0.717) is 25.1 Å². The summed E-state index contributed by atoms with van der Waals surface area (Å²) in [6, 6.07) is 9.07. The van der Waals surface area contributed by atoms with Crippen molar-refractivity contribution < 1.29 is 22.0 Å². The fraction of sp³-hybridized carbons (Fsp3) is 0.188. The van der Waals surface area contributed by atoms with Crippen molar-refractivity contribution in [2.75, 3.05) is 16.2 Å². The molecular formula is C16H14F2N2O3S. The highest BCUT2D eigenvalue weighted by Gasteiger charge is 2.28. The van der Waals surface area contributed by atoms with E-state index in [1.54, 1.807) is 18.2 Å². The zero-order chi connectivity index (χ0) is 17.3. The predicted octanol–water partition coefficient (Wildman–Crippen LogP) is 2.89. The van der Waals surface area contributed by atoms with E-state index in [2.05, 4.69) is 4.72 Å². The first kappa shape index (κ1) is 16.4. The molecule has 8 heteroatoms. The van der Waals surface area contributed by atoms with Crippen molar-refractivity contribution >= 4 is 27.3 Å². The lowest BCUT2D eigenvalue weighted by Gasteiger charge is -2.20. The van der Waals surface area contributed by atoms with E-state index < -0.39 is 26.6 Å². The summed E-state index contributed by atoms with van der Waals surface area (Å²) in [4.78, 5) is 12.3. The Hall–Kier alpha value is -2.48. The number of nitrogens with one attached hydrogen (secondary N) is 1. The van der Waals surface area contributed by atoms with Crippen molar-refractivity contribution in [3.05, 3.63) is 54.1 Å². The smallest absolute Gasteiger partial charge is 0.267 e. The van der Waals surface area contributed by atoms with Crippen molar-refractivity contribution in [2.45, 2.75) is 17.7 Å². The Kier molecular flexibility index (Phi) is 4.23. The summed E-state index contributed by atoms with van der Waals surface area (Å²) >= 11 is 0. The Bertz CT molecular complexity index is 880. The summed E-state index contributed by atoms with van der Waals surface area (Å²) in [5, 5.41) is 0. The van der Waals surface area contributed by atoms with Crippen LogP contribution in [0.2, 0.25) is 0 Å². The molecule has 0 aromatic heterocycles. The van der Waals surface area contributed by atoms with Gasteiger partial charge in [-0.3, -0.25) is 9.52 Å². The van der Waals surface area contributed by atoms with E-state index in [1.807, 2.05) is 0 Å². The minimum Gasteiger partial charge on any atom is -0.310 e. The molecule has 24 heavy (non-hydrogen) atoms. The minimum atomic E-state index is -4.48. The summed E-state index contributed by atoms with van der Waals surface area (Å²) in [6.45, 7) is 0.464. The predicted molar refractivity (Wildman–Crippen MR) is 85.2 cm³/mol. The maximum absolute atomic E-state index is 13.8. The molecule has 1 saturated heterocycles. The zero-order valence-corrected chi connectivity index (χ0v) is 13.3. The van der Waals surface area contributed by atoms with Crippen LogP contribution in [0.4, 0.5) is 20.2 Å². The van der Waals surface area contributed by atoms with Crippen molar-refractivity contribution in [2.24, 2.45) is 0 Å². The van der Waals surface area contributed by atoms with Crippen molar-refractivity contribution in [1.29, 1.82) is 0 Å². The molecular weight excluding hydrogens is 338 g/mol. The number of anilines is 2. The monoisotopic (exact) mass is 352 g/mol. The zero-order valence-electron chi connectivity index (χ0n) is 12.5. The standard InChI is InChI=1S/C16H14F2N2O3S/c17-11-5-3-6-12(18)16(11)24(22,23)19-13-7-1-2-8-14(13)20-10-4-9-15(20)21/h1-3,5-8,19H,4,9-10H2. The topological polar surface area (TPSA) is 66.5 Å². The van der Waals surface area contributed by atoms with Gasteiger partial charge in [0.25, 0.3) is 10.0 Å². The number of amides is 1. The summed E-state index contributed by atoms with van der Waals surface area (Å²) in [6.07, 6.45) is 1.05. The molecule has 126 valence electrons. The molecule has 0 atom stereocenters. The lowest BCUT2D eigenvalue weighted by atomic mass is 10.2. The van der Waals surface area contributed by atoms with Gasteiger partial charge in [-0.05, 0) is 30.7 Å². The Morgan fingerprint density at radius 2 is 1.67 bits per heavy atom. The maximum Gasteiger partial charge on any atom is 0.267 e.